The summed E-state index contributed by atoms with van der Waals surface area (Å²) in [5.74, 6) is 1.16. The number of nitrogens with zero attached hydrogens (tertiary/aromatic N) is 5. The Bertz CT molecular complexity index is 1480. The number of rotatable bonds is 5. The number of aryl methyl sites for hydroxylation is 1. The zero-order valence-corrected chi connectivity index (χ0v) is 18.8. The van der Waals surface area contributed by atoms with Gasteiger partial charge in [-0.25, -0.2) is 9.99 Å². The van der Waals surface area contributed by atoms with Crippen molar-refractivity contribution in [3.8, 4) is 5.88 Å². The van der Waals surface area contributed by atoms with E-state index in [4.69, 9.17) is 26.4 Å². The molecule has 33 heavy (non-hydrogen) atoms. The minimum Gasteiger partial charge on any atom is -0.477 e. The van der Waals surface area contributed by atoms with E-state index in [0.29, 0.717) is 39.7 Å². The summed E-state index contributed by atoms with van der Waals surface area (Å²) >= 11 is 6.13. The first-order chi connectivity index (χ1) is 16.0. The number of anilines is 1. The Hall–Kier alpha value is -3.42. The van der Waals surface area contributed by atoms with E-state index in [9.17, 15) is 5.11 Å². The molecule has 1 N–H and O–H groups in total. The third kappa shape index (κ3) is 3.83. The van der Waals surface area contributed by atoms with Gasteiger partial charge in [-0.3, -0.25) is 4.68 Å². The highest BCUT2D eigenvalue weighted by Crippen LogP contribution is 2.30. The van der Waals surface area contributed by atoms with Crippen molar-refractivity contribution in [3.63, 3.8) is 0 Å². The number of halogens is 1. The molecule has 1 aliphatic heterocycles. The monoisotopic (exact) mass is 459 g/mol. The first-order valence-electron chi connectivity index (χ1n) is 10.9. The lowest BCUT2D eigenvalue weighted by Gasteiger charge is -2.29. The number of aliphatic hydroxyl groups is 1. The van der Waals surface area contributed by atoms with Crippen LogP contribution in [0.2, 0.25) is 5.02 Å². The van der Waals surface area contributed by atoms with E-state index in [0.717, 1.165) is 22.2 Å². The molecule has 2 aromatic carbocycles. The van der Waals surface area contributed by atoms with Gasteiger partial charge in [0.05, 0.1) is 17.8 Å². The number of ether oxygens (including phenoxy) is 1. The largest absolute Gasteiger partial charge is 0.477 e. The fourth-order valence-corrected chi connectivity index (χ4v) is 4.22. The Balaban J connectivity index is 1.50. The molecule has 6 rings (SSSR count). The molecular formula is C25H22ClN5O2. The van der Waals surface area contributed by atoms with Gasteiger partial charge in [-0.05, 0) is 60.7 Å². The minimum atomic E-state index is -1.04. The van der Waals surface area contributed by atoms with Crippen molar-refractivity contribution >= 4 is 33.8 Å². The van der Waals surface area contributed by atoms with Crippen LogP contribution >= 0.6 is 11.6 Å². The zero-order chi connectivity index (χ0) is 22.5. The average molecular weight is 460 g/mol. The lowest BCUT2D eigenvalue weighted by atomic mass is 10.0. The number of benzene rings is 2. The van der Waals surface area contributed by atoms with Gasteiger partial charge in [0.2, 0.25) is 5.88 Å². The fourth-order valence-electron chi connectivity index (χ4n) is 4.09. The standard InChI is InChI=1S/C25H22ClN5O2/c1-30-13-17-12-19(8-9-20(17)28-30)31-25(32)23(16-4-6-18(26)7-5-16)24-21(29-31)10-11-22(27-24)33-14-15-2-3-15/h4-13,15,25,32H,2-3,14H2,1H3. The van der Waals surface area contributed by atoms with Gasteiger partial charge < -0.3 is 9.84 Å². The summed E-state index contributed by atoms with van der Waals surface area (Å²) in [5, 5.41) is 25.2. The van der Waals surface area contributed by atoms with Gasteiger partial charge in [0, 0.05) is 35.3 Å². The Labute approximate surface area is 195 Å². The van der Waals surface area contributed by atoms with Gasteiger partial charge in [-0.15, -0.1) is 0 Å². The number of pyridine rings is 1. The summed E-state index contributed by atoms with van der Waals surface area (Å²) in [6.07, 6.45) is 3.31. The molecule has 2 aliphatic rings. The highest BCUT2D eigenvalue weighted by Gasteiger charge is 2.28. The van der Waals surface area contributed by atoms with Gasteiger partial charge in [-0.1, -0.05) is 23.7 Å². The highest BCUT2D eigenvalue weighted by atomic mass is 35.5. The van der Waals surface area contributed by atoms with Crippen LogP contribution in [0.15, 0.2) is 65.9 Å². The molecule has 8 heteroatoms. The maximum atomic E-state index is 11.5. The van der Waals surface area contributed by atoms with E-state index in [1.807, 2.05) is 67.8 Å². The summed E-state index contributed by atoms with van der Waals surface area (Å²) < 4.78 is 7.67. The van der Waals surface area contributed by atoms with Crippen LogP contribution < -0.4 is 20.5 Å². The van der Waals surface area contributed by atoms with Crippen molar-refractivity contribution in [1.29, 1.82) is 0 Å². The van der Waals surface area contributed by atoms with Gasteiger partial charge >= 0.3 is 0 Å². The van der Waals surface area contributed by atoms with Crippen LogP contribution in [-0.2, 0) is 7.05 Å². The third-order valence-electron chi connectivity index (χ3n) is 5.99. The molecule has 1 aliphatic carbocycles. The first-order valence-corrected chi connectivity index (χ1v) is 11.3. The Morgan fingerprint density at radius 3 is 2.70 bits per heavy atom. The Morgan fingerprint density at radius 2 is 1.91 bits per heavy atom. The Kier molecular flexibility index (Phi) is 4.81. The highest BCUT2D eigenvalue weighted by molar-refractivity contribution is 6.30. The molecule has 2 aromatic heterocycles. The van der Waals surface area contributed by atoms with Gasteiger partial charge in [-0.2, -0.15) is 10.2 Å². The summed E-state index contributed by atoms with van der Waals surface area (Å²) in [4.78, 5) is 4.74. The van der Waals surface area contributed by atoms with E-state index in [2.05, 4.69) is 5.10 Å². The van der Waals surface area contributed by atoms with Crippen molar-refractivity contribution in [2.75, 3.05) is 11.6 Å². The minimum absolute atomic E-state index is 0.541. The lowest BCUT2D eigenvalue weighted by molar-refractivity contribution is 0.221. The molecule has 166 valence electrons. The topological polar surface area (TPSA) is 75.8 Å². The molecular weight excluding hydrogens is 438 g/mol. The molecule has 0 spiro atoms. The van der Waals surface area contributed by atoms with E-state index >= 15 is 0 Å². The summed E-state index contributed by atoms with van der Waals surface area (Å²) in [5.41, 5.74) is 3.12. The summed E-state index contributed by atoms with van der Waals surface area (Å²) in [6.45, 7) is 0.666. The maximum Gasteiger partial charge on any atom is 0.213 e. The predicted octanol–water partition coefficient (Wildman–Crippen LogP) is 2.98. The molecule has 1 unspecified atom stereocenters. The molecule has 1 saturated carbocycles. The molecule has 7 nitrogen and oxygen atoms in total. The van der Waals surface area contributed by atoms with Crippen LogP contribution in [0.5, 0.6) is 5.88 Å². The maximum absolute atomic E-state index is 11.5. The third-order valence-corrected chi connectivity index (χ3v) is 6.25. The summed E-state index contributed by atoms with van der Waals surface area (Å²) in [6, 6.07) is 16.9. The molecule has 3 heterocycles. The quantitative estimate of drug-likeness (QED) is 0.496. The molecule has 0 saturated heterocycles. The van der Waals surface area contributed by atoms with Crippen LogP contribution in [0.4, 0.5) is 5.69 Å². The van der Waals surface area contributed by atoms with Crippen molar-refractivity contribution in [3.05, 3.63) is 82.1 Å². The van der Waals surface area contributed by atoms with Crippen LogP contribution in [-0.4, -0.2) is 32.7 Å². The molecule has 1 atom stereocenters. The van der Waals surface area contributed by atoms with Crippen molar-refractivity contribution in [1.82, 2.24) is 14.8 Å². The molecule has 1 fully saturated rings. The first kappa shape index (κ1) is 20.2. The summed E-state index contributed by atoms with van der Waals surface area (Å²) in [7, 11) is 1.89. The van der Waals surface area contributed by atoms with E-state index in [-0.39, 0.29) is 0 Å². The molecule has 4 aromatic rings. The predicted molar refractivity (Wildman–Crippen MR) is 126 cm³/mol. The van der Waals surface area contributed by atoms with Crippen LogP contribution in [0.1, 0.15) is 18.4 Å². The van der Waals surface area contributed by atoms with E-state index in [1.165, 1.54) is 12.8 Å². The van der Waals surface area contributed by atoms with Crippen molar-refractivity contribution in [2.45, 2.75) is 19.1 Å². The van der Waals surface area contributed by atoms with E-state index < -0.39 is 6.23 Å². The lowest BCUT2D eigenvalue weighted by Crippen LogP contribution is -2.47. The molecule has 0 radical (unpaired) electrons. The van der Waals surface area contributed by atoms with Crippen LogP contribution in [0.3, 0.4) is 0 Å². The smallest absolute Gasteiger partial charge is 0.213 e. The SMILES string of the molecule is Cn1cc2cc(N3N=c4ccc(OCC5CC5)nc4=C(c4ccc(Cl)cc4)C3O)ccc2n1. The van der Waals surface area contributed by atoms with Gasteiger partial charge in [0.1, 0.15) is 10.7 Å². The average Bonchev–Trinajstić information content (AvgIpc) is 3.57. The van der Waals surface area contributed by atoms with Gasteiger partial charge in [0.25, 0.3) is 0 Å². The zero-order valence-electron chi connectivity index (χ0n) is 18.0. The second-order valence-electron chi connectivity index (χ2n) is 8.56. The number of hydrogen-bond donors (Lipinski definition) is 1. The van der Waals surface area contributed by atoms with E-state index in [1.54, 1.807) is 9.69 Å². The van der Waals surface area contributed by atoms with Crippen molar-refractivity contribution < 1.29 is 9.84 Å². The van der Waals surface area contributed by atoms with Crippen LogP contribution in [0.25, 0.3) is 16.5 Å². The fraction of sp³-hybridized carbons (Fsp3) is 0.240. The number of aliphatic hydroxyl groups excluding tert-OH is 1. The molecule has 0 amide bonds. The normalized spacial score (nSPS) is 17.7. The van der Waals surface area contributed by atoms with Gasteiger partial charge in [0.15, 0.2) is 6.23 Å². The Morgan fingerprint density at radius 1 is 1.09 bits per heavy atom. The number of fused-ring (bicyclic) bond motifs is 2. The number of hydrogen-bond acceptors (Lipinski definition) is 6. The van der Waals surface area contributed by atoms with Crippen molar-refractivity contribution in [2.24, 2.45) is 18.1 Å². The second kappa shape index (κ2) is 7.86. The number of aromatic nitrogens is 3. The van der Waals surface area contributed by atoms with Crippen LogP contribution in [0, 0.1) is 5.92 Å². The molecule has 0 bridgehead atoms. The second-order valence-corrected chi connectivity index (χ2v) is 8.99.